The first-order chi connectivity index (χ1) is 7.80. The van der Waals surface area contributed by atoms with Gasteiger partial charge in [0, 0.05) is 0 Å². The Morgan fingerprint density at radius 3 is 1.88 bits per heavy atom. The fourth-order valence-electron chi connectivity index (χ4n) is 1.45. The SMILES string of the molecule is C=C(COC(CC)(CC)C(=C)C(=O)O)C(=O)O. The molecule has 0 rings (SSSR count). The zero-order valence-corrected chi connectivity index (χ0v) is 10.2. The van der Waals surface area contributed by atoms with Gasteiger partial charge in [-0.25, -0.2) is 9.59 Å². The van der Waals surface area contributed by atoms with Gasteiger partial charge in [0.2, 0.25) is 0 Å². The molecule has 0 saturated carbocycles. The molecule has 5 heteroatoms. The summed E-state index contributed by atoms with van der Waals surface area (Å²) in [5.74, 6) is -2.30. The van der Waals surface area contributed by atoms with Gasteiger partial charge in [-0.1, -0.05) is 27.0 Å². The molecule has 0 unspecified atom stereocenters. The van der Waals surface area contributed by atoms with E-state index in [1.54, 1.807) is 13.8 Å². The Labute approximate surface area is 100 Å². The van der Waals surface area contributed by atoms with Crippen molar-refractivity contribution in [1.29, 1.82) is 0 Å². The van der Waals surface area contributed by atoms with Gasteiger partial charge in [0.25, 0.3) is 0 Å². The number of aliphatic carboxylic acids is 2. The zero-order chi connectivity index (χ0) is 13.6. The summed E-state index contributed by atoms with van der Waals surface area (Å²) in [5, 5.41) is 17.6. The Morgan fingerprint density at radius 1 is 1.12 bits per heavy atom. The number of hydrogen-bond acceptors (Lipinski definition) is 3. The molecule has 2 N–H and O–H groups in total. The van der Waals surface area contributed by atoms with Crippen LogP contribution in [0, 0.1) is 0 Å². The molecule has 0 saturated heterocycles. The summed E-state index contributed by atoms with van der Waals surface area (Å²) in [7, 11) is 0. The monoisotopic (exact) mass is 242 g/mol. The van der Waals surface area contributed by atoms with Crippen LogP contribution in [-0.4, -0.2) is 34.4 Å². The minimum absolute atomic E-state index is 0.0688. The molecular weight excluding hydrogens is 224 g/mol. The molecule has 0 radical (unpaired) electrons. The van der Waals surface area contributed by atoms with Crippen molar-refractivity contribution in [2.45, 2.75) is 32.3 Å². The third-order valence-corrected chi connectivity index (χ3v) is 2.78. The molecule has 0 aromatic heterocycles. The number of rotatable bonds is 8. The zero-order valence-electron chi connectivity index (χ0n) is 10.2. The van der Waals surface area contributed by atoms with Gasteiger partial charge in [-0.15, -0.1) is 0 Å². The lowest BCUT2D eigenvalue weighted by molar-refractivity contribution is -0.137. The van der Waals surface area contributed by atoms with Gasteiger partial charge in [0.05, 0.1) is 23.4 Å². The first-order valence-electron chi connectivity index (χ1n) is 5.28. The second-order valence-corrected chi connectivity index (χ2v) is 3.68. The molecule has 0 aliphatic carbocycles. The summed E-state index contributed by atoms with van der Waals surface area (Å²) in [6.07, 6.45) is 0.809. The largest absolute Gasteiger partial charge is 0.478 e. The molecular formula is C12H18O5. The number of carbonyl (C=O) groups is 2. The Balaban J connectivity index is 4.85. The van der Waals surface area contributed by atoms with Gasteiger partial charge in [0.1, 0.15) is 0 Å². The Kier molecular flexibility index (Phi) is 5.61. The van der Waals surface area contributed by atoms with Crippen LogP contribution in [0.5, 0.6) is 0 Å². The molecule has 0 spiro atoms. The summed E-state index contributed by atoms with van der Waals surface area (Å²) < 4.78 is 5.41. The first-order valence-corrected chi connectivity index (χ1v) is 5.28. The lowest BCUT2D eigenvalue weighted by atomic mass is 9.89. The van der Waals surface area contributed by atoms with Crippen molar-refractivity contribution < 1.29 is 24.5 Å². The molecule has 0 amide bonds. The molecule has 0 aliphatic heterocycles. The van der Waals surface area contributed by atoms with Crippen molar-refractivity contribution in [3.63, 3.8) is 0 Å². The smallest absolute Gasteiger partial charge is 0.333 e. The van der Waals surface area contributed by atoms with E-state index in [4.69, 9.17) is 14.9 Å². The second-order valence-electron chi connectivity index (χ2n) is 3.68. The van der Waals surface area contributed by atoms with Crippen molar-refractivity contribution >= 4 is 11.9 Å². The molecule has 0 atom stereocenters. The van der Waals surface area contributed by atoms with E-state index in [1.165, 1.54) is 0 Å². The lowest BCUT2D eigenvalue weighted by Gasteiger charge is -2.32. The number of carboxylic acids is 2. The second kappa shape index (κ2) is 6.20. The van der Waals surface area contributed by atoms with Crippen LogP contribution in [0.25, 0.3) is 0 Å². The average Bonchev–Trinajstić information content (AvgIpc) is 2.29. The Hall–Kier alpha value is -1.62. The molecule has 0 aromatic rings. The summed E-state index contributed by atoms with van der Waals surface area (Å²) in [6.45, 7) is 10.1. The molecule has 0 heterocycles. The summed E-state index contributed by atoms with van der Waals surface area (Å²) in [5.41, 5.74) is -1.22. The van der Waals surface area contributed by atoms with Crippen LogP contribution in [0.15, 0.2) is 24.3 Å². The third kappa shape index (κ3) is 3.71. The summed E-state index contributed by atoms with van der Waals surface area (Å²) in [6, 6.07) is 0. The van der Waals surface area contributed by atoms with E-state index in [0.29, 0.717) is 12.8 Å². The maximum atomic E-state index is 10.9. The first kappa shape index (κ1) is 15.4. The summed E-state index contributed by atoms with van der Waals surface area (Å²) in [4.78, 5) is 21.5. The minimum Gasteiger partial charge on any atom is -0.478 e. The van der Waals surface area contributed by atoms with Gasteiger partial charge >= 0.3 is 11.9 Å². The van der Waals surface area contributed by atoms with Gasteiger partial charge < -0.3 is 14.9 Å². The van der Waals surface area contributed by atoms with E-state index in [0.717, 1.165) is 0 Å². The molecule has 5 nitrogen and oxygen atoms in total. The highest BCUT2D eigenvalue weighted by molar-refractivity contribution is 5.88. The van der Waals surface area contributed by atoms with Crippen LogP contribution < -0.4 is 0 Å². The highest BCUT2D eigenvalue weighted by atomic mass is 16.5. The van der Waals surface area contributed by atoms with Gasteiger partial charge in [-0.2, -0.15) is 0 Å². The van der Waals surface area contributed by atoms with E-state index < -0.39 is 17.5 Å². The number of ether oxygens (including phenoxy) is 1. The van der Waals surface area contributed by atoms with Crippen molar-refractivity contribution in [2.24, 2.45) is 0 Å². The standard InChI is InChI=1S/C12H18O5/c1-5-12(6-2,9(4)11(15)16)17-7-8(3)10(13)14/h3-7H2,1-2H3,(H,13,14)(H,15,16). The van der Waals surface area contributed by atoms with E-state index in [2.05, 4.69) is 13.2 Å². The predicted molar refractivity (Wildman–Crippen MR) is 62.8 cm³/mol. The van der Waals surface area contributed by atoms with Crippen LogP contribution in [0.1, 0.15) is 26.7 Å². The molecule has 0 aliphatic rings. The highest BCUT2D eigenvalue weighted by Crippen LogP contribution is 2.29. The van der Waals surface area contributed by atoms with Gasteiger partial charge in [0.15, 0.2) is 0 Å². The van der Waals surface area contributed by atoms with Gasteiger partial charge in [-0.05, 0) is 12.8 Å². The van der Waals surface area contributed by atoms with Crippen molar-refractivity contribution in [2.75, 3.05) is 6.61 Å². The number of carboxylic acid groups (broad SMARTS) is 2. The Bertz CT molecular complexity index is 339. The molecule has 96 valence electrons. The normalized spacial score (nSPS) is 10.9. The quantitative estimate of drug-likeness (QED) is 0.634. The van der Waals surface area contributed by atoms with Crippen molar-refractivity contribution in [3.8, 4) is 0 Å². The molecule has 0 fully saturated rings. The summed E-state index contributed by atoms with van der Waals surface area (Å²) >= 11 is 0. The van der Waals surface area contributed by atoms with Gasteiger partial charge in [-0.3, -0.25) is 0 Å². The fraction of sp³-hybridized carbons (Fsp3) is 0.500. The highest BCUT2D eigenvalue weighted by Gasteiger charge is 2.35. The van der Waals surface area contributed by atoms with Crippen LogP contribution in [0.2, 0.25) is 0 Å². The van der Waals surface area contributed by atoms with Crippen molar-refractivity contribution in [3.05, 3.63) is 24.3 Å². The van der Waals surface area contributed by atoms with Crippen LogP contribution in [0.3, 0.4) is 0 Å². The van der Waals surface area contributed by atoms with Crippen LogP contribution in [-0.2, 0) is 14.3 Å². The number of hydrogen-bond donors (Lipinski definition) is 2. The average molecular weight is 242 g/mol. The minimum atomic E-state index is -1.16. The van der Waals surface area contributed by atoms with Crippen LogP contribution in [0.4, 0.5) is 0 Å². The van der Waals surface area contributed by atoms with Crippen molar-refractivity contribution in [1.82, 2.24) is 0 Å². The Morgan fingerprint density at radius 2 is 1.59 bits per heavy atom. The molecule has 17 heavy (non-hydrogen) atoms. The maximum absolute atomic E-state index is 10.9. The van der Waals surface area contributed by atoms with E-state index in [-0.39, 0.29) is 17.8 Å². The van der Waals surface area contributed by atoms with E-state index in [1.807, 2.05) is 0 Å². The third-order valence-electron chi connectivity index (χ3n) is 2.78. The fourth-order valence-corrected chi connectivity index (χ4v) is 1.45. The molecule has 0 aromatic carbocycles. The lowest BCUT2D eigenvalue weighted by Crippen LogP contribution is -2.37. The topological polar surface area (TPSA) is 83.8 Å². The molecule has 0 bridgehead atoms. The predicted octanol–water partition coefficient (Wildman–Crippen LogP) is 1.84. The van der Waals surface area contributed by atoms with Crippen LogP contribution >= 0.6 is 0 Å². The maximum Gasteiger partial charge on any atom is 0.333 e. The van der Waals surface area contributed by atoms with E-state index in [9.17, 15) is 9.59 Å². The van der Waals surface area contributed by atoms with E-state index >= 15 is 0 Å².